The molecule has 1 aliphatic rings. The molecule has 0 aliphatic carbocycles. The Morgan fingerprint density at radius 2 is 1.87 bits per heavy atom. The van der Waals surface area contributed by atoms with E-state index in [4.69, 9.17) is 25.4 Å². The number of nitrogens with one attached hydrogen (secondary N) is 1. The summed E-state index contributed by atoms with van der Waals surface area (Å²) in [7, 11) is -3.78. The van der Waals surface area contributed by atoms with Gasteiger partial charge in [0.25, 0.3) is 0 Å². The van der Waals surface area contributed by atoms with Gasteiger partial charge in [0.15, 0.2) is 0 Å². The fourth-order valence-electron chi connectivity index (χ4n) is 3.31. The van der Waals surface area contributed by atoms with Crippen LogP contribution in [0.1, 0.15) is 32.0 Å². The van der Waals surface area contributed by atoms with E-state index in [1.807, 2.05) is 0 Å². The fourth-order valence-corrected chi connectivity index (χ4v) is 5.75. The van der Waals surface area contributed by atoms with Gasteiger partial charge in [-0.2, -0.15) is 0 Å². The highest BCUT2D eigenvalue weighted by molar-refractivity contribution is 7.54. The molecule has 30 heavy (non-hydrogen) atoms. The van der Waals surface area contributed by atoms with E-state index in [-0.39, 0.29) is 23.8 Å². The van der Waals surface area contributed by atoms with Gasteiger partial charge in [-0.3, -0.25) is 4.57 Å². The fraction of sp³-hybridized carbons (Fsp3) is 0.286. The van der Waals surface area contributed by atoms with Crippen molar-refractivity contribution in [3.05, 3.63) is 70.1 Å². The van der Waals surface area contributed by atoms with Crippen molar-refractivity contribution >= 4 is 30.9 Å². The maximum atomic E-state index is 13.8. The second kappa shape index (κ2) is 9.31. The Hall–Kier alpha value is -2.18. The van der Waals surface area contributed by atoms with Crippen molar-refractivity contribution in [3.63, 3.8) is 0 Å². The van der Waals surface area contributed by atoms with Gasteiger partial charge in [-0.05, 0) is 45.0 Å². The largest absolute Gasteiger partial charge is 0.423 e. The quantitative estimate of drug-likeness (QED) is 0.236. The summed E-state index contributed by atoms with van der Waals surface area (Å²) in [6, 6.07) is 10.9. The normalized spacial score (nSPS) is 17.9. The number of hydrogen-bond donors (Lipinski definition) is 1. The first kappa shape index (κ1) is 22.5. The van der Waals surface area contributed by atoms with Gasteiger partial charge in [0, 0.05) is 16.9 Å². The van der Waals surface area contributed by atoms with E-state index in [0.29, 0.717) is 22.7 Å². The van der Waals surface area contributed by atoms with Crippen LogP contribution in [0.5, 0.6) is 5.75 Å². The Balaban J connectivity index is 2.16. The molecule has 1 unspecified atom stereocenters. The highest BCUT2D eigenvalue weighted by Crippen LogP contribution is 2.66. The third-order valence-corrected chi connectivity index (χ3v) is 7.19. The standard InChI is InChI=1S/C21H22ClFNO5P/c1-4-27-30(26,28-5-2)20-15-8-6-7-9-18(15)29-21(25)19(20)13(3)24-14-10-11-17(23)16(22)12-14/h6-12,20,24H,4-5H2,1-3H3. The smallest absolute Gasteiger partial charge is 0.342 e. The lowest BCUT2D eigenvalue weighted by atomic mass is 9.99. The highest BCUT2D eigenvalue weighted by Gasteiger charge is 2.47. The summed E-state index contributed by atoms with van der Waals surface area (Å²) in [6.07, 6.45) is 0. The molecule has 0 bridgehead atoms. The number of rotatable bonds is 7. The molecule has 0 amide bonds. The van der Waals surface area contributed by atoms with Crippen LogP contribution in [0.3, 0.4) is 0 Å². The summed E-state index contributed by atoms with van der Waals surface area (Å²) in [5.74, 6) is -0.932. The first-order valence-corrected chi connectivity index (χ1v) is 11.4. The third-order valence-electron chi connectivity index (χ3n) is 4.50. The van der Waals surface area contributed by atoms with E-state index in [0.717, 1.165) is 0 Å². The zero-order valence-electron chi connectivity index (χ0n) is 16.8. The highest BCUT2D eigenvalue weighted by atomic mass is 35.5. The van der Waals surface area contributed by atoms with E-state index in [1.54, 1.807) is 45.0 Å². The number of fused-ring (bicyclic) bond motifs is 1. The predicted molar refractivity (Wildman–Crippen MR) is 113 cm³/mol. The van der Waals surface area contributed by atoms with Gasteiger partial charge in [0.2, 0.25) is 0 Å². The SMILES string of the molecule is CCOP(=O)(OCC)C1C(=C(C)Nc2ccc(F)c(Cl)c2)C(=O)Oc2ccccc21. The van der Waals surface area contributed by atoms with Gasteiger partial charge in [0.1, 0.15) is 17.2 Å². The molecular weight excluding hydrogens is 432 g/mol. The number of benzene rings is 2. The van der Waals surface area contributed by atoms with Gasteiger partial charge in [-0.15, -0.1) is 0 Å². The van der Waals surface area contributed by atoms with E-state index in [9.17, 15) is 13.8 Å². The Morgan fingerprint density at radius 1 is 1.20 bits per heavy atom. The van der Waals surface area contributed by atoms with Crippen molar-refractivity contribution in [2.45, 2.75) is 26.4 Å². The molecule has 1 heterocycles. The first-order valence-electron chi connectivity index (χ1n) is 9.43. The lowest BCUT2D eigenvalue weighted by Gasteiger charge is -2.33. The number of halogens is 2. The molecule has 1 atom stereocenters. The first-order chi connectivity index (χ1) is 14.3. The Morgan fingerprint density at radius 3 is 2.50 bits per heavy atom. The second-order valence-corrected chi connectivity index (χ2v) is 9.02. The van der Waals surface area contributed by atoms with Crippen molar-refractivity contribution in [1.29, 1.82) is 0 Å². The second-order valence-electron chi connectivity index (χ2n) is 6.50. The van der Waals surface area contributed by atoms with E-state index >= 15 is 0 Å². The Bertz CT molecular complexity index is 1030. The number of hydrogen-bond acceptors (Lipinski definition) is 6. The van der Waals surface area contributed by atoms with E-state index < -0.39 is 25.0 Å². The van der Waals surface area contributed by atoms with Crippen molar-refractivity contribution < 1.29 is 27.5 Å². The molecule has 0 fully saturated rings. The summed E-state index contributed by atoms with van der Waals surface area (Å²) < 4.78 is 43.9. The molecule has 0 radical (unpaired) electrons. The van der Waals surface area contributed by atoms with Crippen LogP contribution in [0.2, 0.25) is 5.02 Å². The molecule has 160 valence electrons. The minimum Gasteiger partial charge on any atom is -0.423 e. The average molecular weight is 454 g/mol. The van der Waals surface area contributed by atoms with Crippen LogP contribution >= 0.6 is 19.2 Å². The number of ether oxygens (including phenoxy) is 1. The van der Waals surface area contributed by atoms with Gasteiger partial charge in [-0.1, -0.05) is 29.8 Å². The van der Waals surface area contributed by atoms with E-state index in [1.165, 1.54) is 18.2 Å². The maximum Gasteiger partial charge on any atom is 0.342 e. The van der Waals surface area contributed by atoms with E-state index in [2.05, 4.69) is 5.32 Å². The molecule has 0 saturated carbocycles. The summed E-state index contributed by atoms with van der Waals surface area (Å²) >= 11 is 5.86. The maximum absolute atomic E-state index is 13.8. The molecule has 0 saturated heterocycles. The van der Waals surface area contributed by atoms with Crippen molar-refractivity contribution in [2.24, 2.45) is 0 Å². The average Bonchev–Trinajstić information content (AvgIpc) is 2.70. The van der Waals surface area contributed by atoms with Crippen LogP contribution in [-0.2, 0) is 18.4 Å². The Labute approximate surface area is 179 Å². The zero-order chi connectivity index (χ0) is 21.9. The van der Waals surface area contributed by atoms with Crippen LogP contribution in [0.15, 0.2) is 53.7 Å². The zero-order valence-corrected chi connectivity index (χ0v) is 18.4. The van der Waals surface area contributed by atoms with Gasteiger partial charge >= 0.3 is 13.6 Å². The molecule has 2 aromatic carbocycles. The summed E-state index contributed by atoms with van der Waals surface area (Å²) in [6.45, 7) is 5.31. The summed E-state index contributed by atoms with van der Waals surface area (Å²) in [5.41, 5.74) is 0.467. The molecule has 1 N–H and O–H groups in total. The molecule has 3 rings (SSSR count). The number of para-hydroxylation sites is 1. The number of carbonyl (C=O) groups excluding carboxylic acids is 1. The lowest BCUT2D eigenvalue weighted by Crippen LogP contribution is -2.27. The van der Waals surface area contributed by atoms with Crippen LogP contribution in [-0.4, -0.2) is 19.2 Å². The molecule has 2 aromatic rings. The number of esters is 1. The topological polar surface area (TPSA) is 73.9 Å². The van der Waals surface area contributed by atoms with Crippen LogP contribution in [0.25, 0.3) is 0 Å². The molecular formula is C21H22ClFNO5P. The monoisotopic (exact) mass is 453 g/mol. The number of anilines is 1. The molecule has 0 aromatic heterocycles. The van der Waals surface area contributed by atoms with Crippen LogP contribution in [0, 0.1) is 5.82 Å². The van der Waals surface area contributed by atoms with Crippen LogP contribution < -0.4 is 10.1 Å². The third kappa shape index (κ3) is 4.44. The molecule has 1 aliphatic heterocycles. The van der Waals surface area contributed by atoms with Crippen molar-refractivity contribution in [3.8, 4) is 5.75 Å². The minimum atomic E-state index is -3.78. The predicted octanol–water partition coefficient (Wildman–Crippen LogP) is 6.09. The Kier molecular flexibility index (Phi) is 6.98. The number of allylic oxidation sites excluding steroid dienone is 1. The summed E-state index contributed by atoms with van der Waals surface area (Å²) in [4.78, 5) is 12.9. The molecule has 6 nitrogen and oxygen atoms in total. The lowest BCUT2D eigenvalue weighted by molar-refractivity contribution is -0.131. The van der Waals surface area contributed by atoms with Crippen molar-refractivity contribution in [1.82, 2.24) is 0 Å². The van der Waals surface area contributed by atoms with Gasteiger partial charge in [-0.25, -0.2) is 9.18 Å². The van der Waals surface area contributed by atoms with Gasteiger partial charge < -0.3 is 19.1 Å². The minimum absolute atomic E-state index is 0.0692. The molecule has 0 spiro atoms. The van der Waals surface area contributed by atoms with Gasteiger partial charge in [0.05, 0.1) is 23.8 Å². The summed E-state index contributed by atoms with van der Waals surface area (Å²) in [5, 5.41) is 2.95. The van der Waals surface area contributed by atoms with Crippen molar-refractivity contribution in [2.75, 3.05) is 18.5 Å². The number of carbonyl (C=O) groups is 1. The van der Waals surface area contributed by atoms with Crippen LogP contribution in [0.4, 0.5) is 10.1 Å². The molecule has 9 heteroatoms.